The molecule has 1 aromatic carbocycles. The maximum atomic E-state index is 8.71. The van der Waals surface area contributed by atoms with Gasteiger partial charge in [0, 0.05) is 11.5 Å². The second-order valence-corrected chi connectivity index (χ2v) is 4.07. The van der Waals surface area contributed by atoms with Crippen LogP contribution in [0.2, 0.25) is 0 Å². The molecule has 0 bridgehead atoms. The Morgan fingerprint density at radius 1 is 1.35 bits per heavy atom. The predicted molar refractivity (Wildman–Crippen MR) is 63.9 cm³/mol. The van der Waals surface area contributed by atoms with E-state index >= 15 is 0 Å². The number of rotatable bonds is 3. The number of nitrogens with two attached hydrogens (primary N) is 1. The minimum Gasteiger partial charge on any atom is -0.493 e. The lowest BCUT2D eigenvalue weighted by molar-refractivity contribution is 0.314. The number of hydrogen-bond acceptors (Lipinski definition) is 4. The summed E-state index contributed by atoms with van der Waals surface area (Å²) in [7, 11) is 3.23. The van der Waals surface area contributed by atoms with E-state index in [1.54, 1.807) is 14.2 Å². The third-order valence-corrected chi connectivity index (χ3v) is 3.20. The smallest absolute Gasteiger partial charge is 0.164 e. The lowest BCUT2D eigenvalue weighted by atomic mass is 10.1. The average molecular weight is 236 g/mol. The fourth-order valence-corrected chi connectivity index (χ4v) is 2.32. The minimum absolute atomic E-state index is 0.0380. The van der Waals surface area contributed by atoms with Crippen molar-refractivity contribution < 1.29 is 14.7 Å². The normalized spacial score (nSPS) is 18.9. The number of fused-ring (bicyclic) bond motifs is 1. The van der Waals surface area contributed by atoms with Crippen LogP contribution in [0.3, 0.4) is 0 Å². The van der Waals surface area contributed by atoms with Gasteiger partial charge in [-0.3, -0.25) is 0 Å². The van der Waals surface area contributed by atoms with Crippen LogP contribution < -0.4 is 15.2 Å². The highest BCUT2D eigenvalue weighted by Crippen LogP contribution is 2.39. The van der Waals surface area contributed by atoms with Crippen LogP contribution in [0.1, 0.15) is 11.1 Å². The molecule has 0 fully saturated rings. The van der Waals surface area contributed by atoms with Crippen LogP contribution >= 0.6 is 0 Å². The molecular formula is C12H16N2O3. The van der Waals surface area contributed by atoms with Crippen LogP contribution in [0, 0.1) is 5.92 Å². The lowest BCUT2D eigenvalue weighted by Gasteiger charge is -2.11. The van der Waals surface area contributed by atoms with Gasteiger partial charge in [-0.05, 0) is 24.5 Å². The quantitative estimate of drug-likeness (QED) is 0.357. The second kappa shape index (κ2) is 4.53. The molecule has 0 spiro atoms. The molecule has 5 heteroatoms. The topological polar surface area (TPSA) is 77.1 Å². The number of methoxy groups -OCH3 is 2. The Kier molecular flexibility index (Phi) is 3.08. The molecule has 3 N–H and O–H groups in total. The molecule has 5 nitrogen and oxygen atoms in total. The molecule has 0 saturated heterocycles. The van der Waals surface area contributed by atoms with E-state index in [1.807, 2.05) is 12.1 Å². The molecule has 92 valence electrons. The fraction of sp³-hybridized carbons (Fsp3) is 0.417. The first kappa shape index (κ1) is 11.6. The Hall–Kier alpha value is -1.91. The molecule has 0 aliphatic heterocycles. The molecule has 1 aliphatic rings. The summed E-state index contributed by atoms with van der Waals surface area (Å²) in [4.78, 5) is 0. The van der Waals surface area contributed by atoms with Crippen molar-refractivity contribution in [1.29, 1.82) is 0 Å². The molecule has 1 aliphatic carbocycles. The van der Waals surface area contributed by atoms with Crippen LogP contribution in [-0.4, -0.2) is 25.3 Å². The van der Waals surface area contributed by atoms with Gasteiger partial charge in [-0.15, -0.1) is 0 Å². The van der Waals surface area contributed by atoms with Crippen molar-refractivity contribution in [3.05, 3.63) is 23.3 Å². The summed E-state index contributed by atoms with van der Waals surface area (Å²) in [6, 6.07) is 3.88. The number of nitrogens with zero attached hydrogens (tertiary/aromatic N) is 1. The molecule has 1 aromatic rings. The second-order valence-electron chi connectivity index (χ2n) is 4.07. The Bertz CT molecular complexity index is 457. The van der Waals surface area contributed by atoms with E-state index in [2.05, 4.69) is 5.16 Å². The van der Waals surface area contributed by atoms with Crippen LogP contribution in [0.4, 0.5) is 0 Å². The van der Waals surface area contributed by atoms with Crippen molar-refractivity contribution >= 4 is 5.84 Å². The first-order chi connectivity index (χ1) is 8.21. The van der Waals surface area contributed by atoms with Crippen molar-refractivity contribution in [2.75, 3.05) is 14.2 Å². The minimum atomic E-state index is 0.0380. The van der Waals surface area contributed by atoms with E-state index in [4.69, 9.17) is 20.4 Å². The van der Waals surface area contributed by atoms with Crippen LogP contribution in [0.5, 0.6) is 11.5 Å². The van der Waals surface area contributed by atoms with Gasteiger partial charge < -0.3 is 20.4 Å². The third-order valence-electron chi connectivity index (χ3n) is 3.20. The van der Waals surface area contributed by atoms with Crippen molar-refractivity contribution in [1.82, 2.24) is 0 Å². The Morgan fingerprint density at radius 2 is 2.12 bits per heavy atom. The van der Waals surface area contributed by atoms with Gasteiger partial charge in [0.15, 0.2) is 11.5 Å². The van der Waals surface area contributed by atoms with Gasteiger partial charge >= 0.3 is 0 Å². The number of benzene rings is 1. The molecule has 2 rings (SSSR count). The van der Waals surface area contributed by atoms with Crippen molar-refractivity contribution in [3.8, 4) is 11.5 Å². The Morgan fingerprint density at radius 3 is 2.71 bits per heavy atom. The fourth-order valence-electron chi connectivity index (χ4n) is 2.32. The summed E-state index contributed by atoms with van der Waals surface area (Å²) in [5.41, 5.74) is 7.90. The van der Waals surface area contributed by atoms with Gasteiger partial charge in [0.25, 0.3) is 0 Å². The molecule has 0 radical (unpaired) electrons. The number of oxime groups is 1. The molecule has 17 heavy (non-hydrogen) atoms. The highest BCUT2D eigenvalue weighted by atomic mass is 16.5. The predicted octanol–water partition coefficient (Wildman–Crippen LogP) is 1.17. The van der Waals surface area contributed by atoms with E-state index < -0.39 is 0 Å². The summed E-state index contributed by atoms with van der Waals surface area (Å²) in [6.07, 6.45) is 1.48. The Labute approximate surface area is 99.8 Å². The van der Waals surface area contributed by atoms with Crippen LogP contribution in [0.25, 0.3) is 0 Å². The molecule has 0 saturated carbocycles. The zero-order valence-electron chi connectivity index (χ0n) is 9.93. The summed E-state index contributed by atoms with van der Waals surface area (Å²) >= 11 is 0. The standard InChI is InChI=1S/C12H16N2O3/c1-16-10-4-3-7-5-8(12(13)14-15)6-9(7)11(10)17-2/h3-4,8,15H,5-6H2,1-2H3,(H2,13,14). The average Bonchev–Trinajstić information content (AvgIpc) is 2.80. The van der Waals surface area contributed by atoms with E-state index in [9.17, 15) is 0 Å². The molecular weight excluding hydrogens is 220 g/mol. The number of ether oxygens (including phenoxy) is 2. The third kappa shape index (κ3) is 1.88. The van der Waals surface area contributed by atoms with E-state index in [-0.39, 0.29) is 11.8 Å². The van der Waals surface area contributed by atoms with Crippen LogP contribution in [-0.2, 0) is 12.8 Å². The maximum absolute atomic E-state index is 8.71. The van der Waals surface area contributed by atoms with Crippen molar-refractivity contribution in [2.45, 2.75) is 12.8 Å². The summed E-state index contributed by atoms with van der Waals surface area (Å²) < 4.78 is 10.6. The summed E-state index contributed by atoms with van der Waals surface area (Å²) in [6.45, 7) is 0. The first-order valence-electron chi connectivity index (χ1n) is 5.41. The van der Waals surface area contributed by atoms with E-state index in [0.717, 1.165) is 17.7 Å². The highest BCUT2D eigenvalue weighted by Gasteiger charge is 2.29. The summed E-state index contributed by atoms with van der Waals surface area (Å²) in [5.74, 6) is 1.77. The molecule has 1 atom stereocenters. The zero-order chi connectivity index (χ0) is 12.4. The van der Waals surface area contributed by atoms with Gasteiger partial charge in [-0.25, -0.2) is 0 Å². The lowest BCUT2D eigenvalue weighted by Crippen LogP contribution is -2.23. The van der Waals surface area contributed by atoms with E-state index in [1.165, 1.54) is 5.56 Å². The highest BCUT2D eigenvalue weighted by molar-refractivity contribution is 5.84. The summed E-state index contributed by atoms with van der Waals surface area (Å²) in [5, 5.41) is 11.8. The zero-order valence-corrected chi connectivity index (χ0v) is 9.93. The van der Waals surface area contributed by atoms with Gasteiger partial charge in [-0.1, -0.05) is 11.2 Å². The largest absolute Gasteiger partial charge is 0.493 e. The van der Waals surface area contributed by atoms with Crippen LogP contribution in [0.15, 0.2) is 17.3 Å². The van der Waals surface area contributed by atoms with Crippen molar-refractivity contribution in [2.24, 2.45) is 16.8 Å². The number of amidine groups is 1. The maximum Gasteiger partial charge on any atom is 0.164 e. The molecule has 0 heterocycles. The Balaban J connectivity index is 2.38. The molecule has 1 unspecified atom stereocenters. The first-order valence-corrected chi connectivity index (χ1v) is 5.41. The monoisotopic (exact) mass is 236 g/mol. The SMILES string of the molecule is COc1ccc2c(c1OC)CC(/C(N)=N/O)C2. The molecule has 0 aromatic heterocycles. The molecule has 0 amide bonds. The van der Waals surface area contributed by atoms with Gasteiger partial charge in [0.05, 0.1) is 14.2 Å². The van der Waals surface area contributed by atoms with Gasteiger partial charge in [0.2, 0.25) is 0 Å². The van der Waals surface area contributed by atoms with Gasteiger partial charge in [-0.2, -0.15) is 0 Å². The van der Waals surface area contributed by atoms with Gasteiger partial charge in [0.1, 0.15) is 5.84 Å². The van der Waals surface area contributed by atoms with E-state index in [0.29, 0.717) is 12.2 Å². The van der Waals surface area contributed by atoms with Crippen molar-refractivity contribution in [3.63, 3.8) is 0 Å². The number of hydrogen-bond donors (Lipinski definition) is 2.